The third kappa shape index (κ3) is 2.91. The van der Waals surface area contributed by atoms with Crippen LogP contribution in [0.2, 0.25) is 13.7 Å². The van der Waals surface area contributed by atoms with Gasteiger partial charge >= 0.3 is 0 Å². The van der Waals surface area contributed by atoms with Gasteiger partial charge in [0, 0.05) is 11.6 Å². The molecule has 19 heavy (non-hydrogen) atoms. The van der Waals surface area contributed by atoms with Gasteiger partial charge in [-0.2, -0.15) is 5.10 Å². The molecule has 0 aliphatic heterocycles. The fourth-order valence-corrected chi connectivity index (χ4v) is 3.67. The van der Waals surface area contributed by atoms with E-state index in [9.17, 15) is 0 Å². The lowest BCUT2D eigenvalue weighted by Crippen LogP contribution is -2.31. The van der Waals surface area contributed by atoms with Gasteiger partial charge in [-0.1, -0.05) is 34.8 Å². The van der Waals surface area contributed by atoms with E-state index < -0.39 is 0 Å². The van der Waals surface area contributed by atoms with Crippen molar-refractivity contribution in [3.63, 3.8) is 0 Å². The number of hydrazine groups is 1. The van der Waals surface area contributed by atoms with Crippen LogP contribution in [0.1, 0.15) is 37.2 Å². The van der Waals surface area contributed by atoms with Crippen LogP contribution in [0.4, 0.5) is 0 Å². The van der Waals surface area contributed by atoms with Crippen LogP contribution in [0.3, 0.4) is 0 Å². The zero-order chi connectivity index (χ0) is 14.2. The van der Waals surface area contributed by atoms with Crippen LogP contribution in [-0.2, 0) is 0 Å². The number of halogens is 3. The molecule has 4 nitrogen and oxygen atoms in total. The van der Waals surface area contributed by atoms with Crippen molar-refractivity contribution in [1.29, 1.82) is 0 Å². The van der Waals surface area contributed by atoms with E-state index in [1.165, 1.54) is 11.3 Å². The van der Waals surface area contributed by atoms with Crippen LogP contribution >= 0.6 is 46.1 Å². The molecular formula is C11H13Cl3N4S. The van der Waals surface area contributed by atoms with Gasteiger partial charge in [-0.25, -0.2) is 5.43 Å². The molecular weight excluding hydrogens is 327 g/mol. The van der Waals surface area contributed by atoms with Gasteiger partial charge in [0.15, 0.2) is 0 Å². The van der Waals surface area contributed by atoms with Gasteiger partial charge in [0.25, 0.3) is 0 Å². The van der Waals surface area contributed by atoms with Crippen molar-refractivity contribution >= 4 is 46.1 Å². The Morgan fingerprint density at radius 3 is 2.53 bits per heavy atom. The van der Waals surface area contributed by atoms with Crippen LogP contribution in [0.15, 0.2) is 12.3 Å². The molecule has 1 atom stereocenters. The summed E-state index contributed by atoms with van der Waals surface area (Å²) in [6, 6.07) is 1.59. The van der Waals surface area contributed by atoms with Gasteiger partial charge in [0.1, 0.15) is 0 Å². The molecule has 0 bridgehead atoms. The molecule has 0 amide bonds. The smallest absolute Gasteiger partial charge is 0.0996 e. The maximum absolute atomic E-state index is 6.22. The molecule has 0 aliphatic rings. The van der Waals surface area contributed by atoms with E-state index in [2.05, 4.69) is 10.5 Å². The molecule has 2 heterocycles. The summed E-state index contributed by atoms with van der Waals surface area (Å²) in [7, 11) is 0. The number of thiophene rings is 1. The molecule has 2 aromatic heterocycles. The second kappa shape index (κ2) is 5.99. The number of nitrogens with one attached hydrogen (secondary N) is 1. The summed E-state index contributed by atoms with van der Waals surface area (Å²) in [6.45, 7) is 4.03. The minimum Gasteiger partial charge on any atom is -0.271 e. The Labute approximate surface area is 130 Å². The molecule has 0 aromatic carbocycles. The molecule has 0 spiro atoms. The predicted octanol–water partition coefficient (Wildman–Crippen LogP) is 4.04. The number of nitrogens with two attached hydrogens (primary N) is 1. The summed E-state index contributed by atoms with van der Waals surface area (Å²) in [5, 5.41) is 4.80. The monoisotopic (exact) mass is 338 g/mol. The van der Waals surface area contributed by atoms with Crippen LogP contribution < -0.4 is 11.3 Å². The number of hydrogen-bond donors (Lipinski definition) is 2. The van der Waals surface area contributed by atoms with E-state index in [-0.39, 0.29) is 12.1 Å². The van der Waals surface area contributed by atoms with Gasteiger partial charge in [0.2, 0.25) is 0 Å². The number of aromatic nitrogens is 2. The number of rotatable bonds is 4. The second-order valence-electron chi connectivity index (χ2n) is 4.30. The Balaban J connectivity index is 2.54. The van der Waals surface area contributed by atoms with Gasteiger partial charge in [-0.3, -0.25) is 10.5 Å². The fourth-order valence-electron chi connectivity index (χ4n) is 1.90. The van der Waals surface area contributed by atoms with Gasteiger partial charge in [-0.15, -0.1) is 11.3 Å². The highest BCUT2D eigenvalue weighted by Crippen LogP contribution is 2.39. The first-order valence-electron chi connectivity index (χ1n) is 5.59. The van der Waals surface area contributed by atoms with Crippen LogP contribution in [0, 0.1) is 0 Å². The lowest BCUT2D eigenvalue weighted by Gasteiger charge is -2.20. The molecule has 2 aromatic rings. The largest absolute Gasteiger partial charge is 0.271 e. The van der Waals surface area contributed by atoms with E-state index in [1.54, 1.807) is 12.3 Å². The highest BCUT2D eigenvalue weighted by molar-refractivity contribution is 7.20. The van der Waals surface area contributed by atoms with Crippen LogP contribution in [-0.4, -0.2) is 9.78 Å². The van der Waals surface area contributed by atoms with Crippen molar-refractivity contribution in [3.05, 3.63) is 37.2 Å². The van der Waals surface area contributed by atoms with Gasteiger partial charge in [0.05, 0.1) is 31.6 Å². The van der Waals surface area contributed by atoms with E-state index in [4.69, 9.17) is 40.6 Å². The van der Waals surface area contributed by atoms with Crippen molar-refractivity contribution in [2.24, 2.45) is 5.84 Å². The second-order valence-corrected chi connectivity index (χ2v) is 6.99. The summed E-state index contributed by atoms with van der Waals surface area (Å²) in [5.41, 5.74) is 4.30. The predicted molar refractivity (Wildman–Crippen MR) is 81.1 cm³/mol. The fraction of sp³-hybridized carbons (Fsp3) is 0.364. The molecule has 0 radical (unpaired) electrons. The summed E-state index contributed by atoms with van der Waals surface area (Å²) >= 11 is 19.7. The molecule has 0 fully saturated rings. The summed E-state index contributed by atoms with van der Waals surface area (Å²) in [6.07, 6.45) is 1.60. The molecule has 2 rings (SSSR count). The van der Waals surface area contributed by atoms with Crippen LogP contribution in [0.5, 0.6) is 0 Å². The maximum Gasteiger partial charge on any atom is 0.0996 e. The van der Waals surface area contributed by atoms with E-state index in [0.717, 1.165) is 11.3 Å². The standard InChI is InChI=1S/C11H13Cl3N4S/c1-5(2)18-10(7(12)4-16-18)9(17-15)6-3-8(13)19-11(6)14/h3-5,9,17H,15H2,1-2H3. The van der Waals surface area contributed by atoms with E-state index in [1.807, 2.05) is 18.5 Å². The molecule has 0 saturated carbocycles. The highest BCUT2D eigenvalue weighted by atomic mass is 35.5. The number of nitrogens with zero attached hydrogens (tertiary/aromatic N) is 2. The lowest BCUT2D eigenvalue weighted by atomic mass is 10.1. The topological polar surface area (TPSA) is 55.9 Å². The Bertz CT molecular complexity index is 579. The Morgan fingerprint density at radius 1 is 1.37 bits per heavy atom. The quantitative estimate of drug-likeness (QED) is 0.653. The van der Waals surface area contributed by atoms with E-state index >= 15 is 0 Å². The Hall–Kier alpha value is -0.300. The molecule has 0 aliphatic carbocycles. The zero-order valence-electron chi connectivity index (χ0n) is 10.3. The Morgan fingerprint density at radius 2 is 2.05 bits per heavy atom. The van der Waals surface area contributed by atoms with Crippen molar-refractivity contribution in [3.8, 4) is 0 Å². The average molecular weight is 340 g/mol. The van der Waals surface area contributed by atoms with Crippen LogP contribution in [0.25, 0.3) is 0 Å². The van der Waals surface area contributed by atoms with Crippen molar-refractivity contribution in [1.82, 2.24) is 15.2 Å². The average Bonchev–Trinajstić information content (AvgIpc) is 2.85. The minimum atomic E-state index is -0.353. The molecule has 104 valence electrons. The molecule has 8 heteroatoms. The minimum absolute atomic E-state index is 0.159. The van der Waals surface area contributed by atoms with Gasteiger partial charge < -0.3 is 0 Å². The first-order valence-corrected chi connectivity index (χ1v) is 7.54. The third-order valence-corrected chi connectivity index (χ3v) is 4.52. The van der Waals surface area contributed by atoms with Gasteiger partial charge in [-0.05, 0) is 19.9 Å². The third-order valence-electron chi connectivity index (χ3n) is 2.71. The molecule has 1 unspecified atom stereocenters. The first kappa shape index (κ1) is 15.1. The summed E-state index contributed by atoms with van der Waals surface area (Å²) < 4.78 is 3.00. The number of hydrogen-bond acceptors (Lipinski definition) is 4. The maximum atomic E-state index is 6.22. The Kier molecular flexibility index (Phi) is 4.76. The first-order chi connectivity index (χ1) is 8.95. The van der Waals surface area contributed by atoms with Crippen molar-refractivity contribution in [2.45, 2.75) is 25.9 Å². The molecule has 0 saturated heterocycles. The SMILES string of the molecule is CC(C)n1ncc(Cl)c1C(NN)c1cc(Cl)sc1Cl. The zero-order valence-corrected chi connectivity index (χ0v) is 13.4. The van der Waals surface area contributed by atoms with E-state index in [0.29, 0.717) is 13.7 Å². The highest BCUT2D eigenvalue weighted by Gasteiger charge is 2.25. The lowest BCUT2D eigenvalue weighted by molar-refractivity contribution is 0.477. The molecule has 3 N–H and O–H groups in total. The van der Waals surface area contributed by atoms with Crippen molar-refractivity contribution < 1.29 is 0 Å². The summed E-state index contributed by atoms with van der Waals surface area (Å²) in [4.78, 5) is 0. The normalized spacial score (nSPS) is 13.2. The van der Waals surface area contributed by atoms with Crippen molar-refractivity contribution in [2.75, 3.05) is 0 Å². The summed E-state index contributed by atoms with van der Waals surface area (Å²) in [5.74, 6) is 5.67.